The van der Waals surface area contributed by atoms with Crippen molar-refractivity contribution >= 4 is 17.9 Å². The van der Waals surface area contributed by atoms with E-state index in [1.54, 1.807) is 0 Å². The smallest absolute Gasteiger partial charge is 0.306 e. The minimum atomic E-state index is -0.789. The van der Waals surface area contributed by atoms with Crippen molar-refractivity contribution in [2.75, 3.05) is 13.2 Å². The molecule has 0 aromatic carbocycles. The molecule has 0 amide bonds. The maximum Gasteiger partial charge on any atom is 0.306 e. The first-order chi connectivity index (χ1) is 37.5. The summed E-state index contributed by atoms with van der Waals surface area (Å²) in [5.41, 5.74) is 0. The second-order valence-corrected chi connectivity index (χ2v) is 21.3. The summed E-state index contributed by atoms with van der Waals surface area (Å²) in [4.78, 5) is 38.2. The van der Waals surface area contributed by atoms with E-state index in [0.717, 1.165) is 116 Å². The van der Waals surface area contributed by atoms with E-state index in [2.05, 4.69) is 118 Å². The summed E-state index contributed by atoms with van der Waals surface area (Å²) in [7, 11) is 0. The van der Waals surface area contributed by atoms with Gasteiger partial charge < -0.3 is 14.2 Å². The topological polar surface area (TPSA) is 78.9 Å². The number of allylic oxidation sites excluding steroid dienone is 16. The normalized spacial score (nSPS) is 12.7. The predicted molar refractivity (Wildman–Crippen MR) is 330 cm³/mol. The Kier molecular flexibility index (Phi) is 60.8. The third kappa shape index (κ3) is 61.2. The van der Waals surface area contributed by atoms with Gasteiger partial charge in [-0.2, -0.15) is 0 Å². The van der Waals surface area contributed by atoms with E-state index in [-0.39, 0.29) is 31.1 Å². The van der Waals surface area contributed by atoms with E-state index in [1.165, 1.54) is 154 Å². The van der Waals surface area contributed by atoms with Crippen LogP contribution in [0.5, 0.6) is 0 Å². The summed E-state index contributed by atoms with van der Waals surface area (Å²) in [5, 5.41) is 0. The zero-order valence-corrected chi connectivity index (χ0v) is 50.0. The fraction of sp³-hybridized carbons (Fsp3) is 0.729. The van der Waals surface area contributed by atoms with Crippen molar-refractivity contribution in [3.63, 3.8) is 0 Å². The largest absolute Gasteiger partial charge is 0.462 e. The first-order valence-electron chi connectivity index (χ1n) is 32.2. The van der Waals surface area contributed by atoms with Gasteiger partial charge in [0, 0.05) is 19.3 Å². The molecular weight excluding hydrogens is 937 g/mol. The number of carbonyl (C=O) groups excluding carboxylic acids is 3. The van der Waals surface area contributed by atoms with Crippen molar-refractivity contribution in [2.24, 2.45) is 0 Å². The van der Waals surface area contributed by atoms with E-state index >= 15 is 0 Å². The molecule has 0 saturated heterocycles. The van der Waals surface area contributed by atoms with Crippen LogP contribution in [0.25, 0.3) is 0 Å². The molecule has 0 saturated carbocycles. The highest BCUT2D eigenvalue weighted by Gasteiger charge is 2.19. The van der Waals surface area contributed by atoms with Gasteiger partial charge in [-0.05, 0) is 96.3 Å². The molecule has 0 aliphatic heterocycles. The van der Waals surface area contributed by atoms with Gasteiger partial charge in [0.2, 0.25) is 0 Å². The minimum Gasteiger partial charge on any atom is -0.462 e. The fourth-order valence-corrected chi connectivity index (χ4v) is 9.07. The fourth-order valence-electron chi connectivity index (χ4n) is 9.07. The molecule has 0 bridgehead atoms. The number of rotatable bonds is 58. The lowest BCUT2D eigenvalue weighted by molar-refractivity contribution is -0.167. The van der Waals surface area contributed by atoms with E-state index in [0.29, 0.717) is 19.3 Å². The SMILES string of the molecule is CC/C=C\C/C=C\C/C=C\C/C=C\C/C=C\CCCCCCCCCCCCCCCCCCCC(=O)OCC(COC(=O)CCCCCCCCCCCCCC)OC(=O)CCCCC/C=C\C/C=C\C/C=C\CC. The standard InChI is InChI=1S/C70H120O6/c1-4-7-10-13-16-19-22-25-26-27-28-29-30-31-32-33-34-35-36-37-38-39-40-41-42-43-44-46-48-51-54-57-60-63-69(72)75-66-67(65-74-68(71)62-59-56-53-50-47-24-21-18-15-12-9-6-3)76-70(73)64-61-58-55-52-49-45-23-20-17-14-11-8-5-2/h7-8,10-11,16-17,19-20,25-26,28-29,31-32,45,49,67H,4-6,9,12-15,18,21-24,27,30,33-44,46-48,50-66H2,1-3H3/b10-7-,11-8-,19-16-,20-17-,26-25-,29-28-,32-31-,49-45-. The quantitative estimate of drug-likeness (QED) is 0.0261. The van der Waals surface area contributed by atoms with Crippen LogP contribution >= 0.6 is 0 Å². The highest BCUT2D eigenvalue weighted by Crippen LogP contribution is 2.17. The van der Waals surface area contributed by atoms with Gasteiger partial charge in [0.25, 0.3) is 0 Å². The second kappa shape index (κ2) is 63.9. The van der Waals surface area contributed by atoms with Crippen LogP contribution in [0.15, 0.2) is 97.2 Å². The number of carbonyl (C=O) groups is 3. The second-order valence-electron chi connectivity index (χ2n) is 21.3. The van der Waals surface area contributed by atoms with Gasteiger partial charge in [0.05, 0.1) is 0 Å². The van der Waals surface area contributed by atoms with Crippen LogP contribution in [-0.2, 0) is 28.6 Å². The van der Waals surface area contributed by atoms with Gasteiger partial charge in [0.15, 0.2) is 6.10 Å². The lowest BCUT2D eigenvalue weighted by Gasteiger charge is -2.18. The molecule has 0 aromatic rings. The molecule has 0 aromatic heterocycles. The maximum atomic E-state index is 12.8. The van der Waals surface area contributed by atoms with Gasteiger partial charge in [-0.1, -0.05) is 291 Å². The van der Waals surface area contributed by atoms with Crippen molar-refractivity contribution in [1.29, 1.82) is 0 Å². The van der Waals surface area contributed by atoms with E-state index in [1.807, 2.05) is 0 Å². The Morgan fingerprint density at radius 3 is 0.816 bits per heavy atom. The molecule has 0 N–H and O–H groups in total. The molecule has 0 spiro atoms. The van der Waals surface area contributed by atoms with Gasteiger partial charge in [-0.3, -0.25) is 14.4 Å². The molecule has 0 aliphatic rings. The number of hydrogen-bond acceptors (Lipinski definition) is 6. The summed E-state index contributed by atoms with van der Waals surface area (Å²) >= 11 is 0. The molecule has 0 rings (SSSR count). The zero-order chi connectivity index (χ0) is 55.0. The van der Waals surface area contributed by atoms with Gasteiger partial charge in [-0.15, -0.1) is 0 Å². The molecule has 76 heavy (non-hydrogen) atoms. The lowest BCUT2D eigenvalue weighted by Crippen LogP contribution is -2.30. The highest BCUT2D eigenvalue weighted by molar-refractivity contribution is 5.71. The third-order valence-electron chi connectivity index (χ3n) is 13.8. The van der Waals surface area contributed by atoms with Gasteiger partial charge in [0.1, 0.15) is 13.2 Å². The Balaban J connectivity index is 4.11. The zero-order valence-electron chi connectivity index (χ0n) is 50.0. The number of esters is 3. The Morgan fingerprint density at radius 1 is 0.276 bits per heavy atom. The average molecular weight is 1060 g/mol. The first kappa shape index (κ1) is 72.3. The molecule has 0 fully saturated rings. The van der Waals surface area contributed by atoms with E-state index < -0.39 is 6.10 Å². The van der Waals surface area contributed by atoms with Crippen LogP contribution in [-0.4, -0.2) is 37.2 Å². The predicted octanol–water partition coefficient (Wildman–Crippen LogP) is 22.0. The van der Waals surface area contributed by atoms with Crippen molar-refractivity contribution in [3.8, 4) is 0 Å². The highest BCUT2D eigenvalue weighted by atomic mass is 16.6. The molecule has 1 atom stereocenters. The Bertz CT molecular complexity index is 1490. The lowest BCUT2D eigenvalue weighted by atomic mass is 10.0. The molecule has 6 nitrogen and oxygen atoms in total. The summed E-state index contributed by atoms with van der Waals surface area (Å²) in [5.74, 6) is -0.904. The van der Waals surface area contributed by atoms with Gasteiger partial charge >= 0.3 is 17.9 Å². The van der Waals surface area contributed by atoms with Crippen molar-refractivity contribution in [1.82, 2.24) is 0 Å². The number of unbranched alkanes of at least 4 members (excludes halogenated alkanes) is 31. The first-order valence-corrected chi connectivity index (χ1v) is 32.2. The Labute approximate surface area is 470 Å². The third-order valence-corrected chi connectivity index (χ3v) is 13.8. The van der Waals surface area contributed by atoms with Crippen molar-refractivity contribution in [3.05, 3.63) is 97.2 Å². The van der Waals surface area contributed by atoms with Crippen molar-refractivity contribution in [2.45, 2.75) is 316 Å². The number of ether oxygens (including phenoxy) is 3. The monoisotopic (exact) mass is 1060 g/mol. The molecule has 6 heteroatoms. The average Bonchev–Trinajstić information content (AvgIpc) is 3.42. The number of hydrogen-bond donors (Lipinski definition) is 0. The summed E-state index contributed by atoms with van der Waals surface area (Å²) in [6, 6.07) is 0. The maximum absolute atomic E-state index is 12.8. The molecule has 0 heterocycles. The molecule has 0 aliphatic carbocycles. The molecule has 0 radical (unpaired) electrons. The van der Waals surface area contributed by atoms with Crippen LogP contribution in [0, 0.1) is 0 Å². The van der Waals surface area contributed by atoms with Crippen LogP contribution in [0.2, 0.25) is 0 Å². The Morgan fingerprint density at radius 2 is 0.513 bits per heavy atom. The molecule has 1 unspecified atom stereocenters. The minimum absolute atomic E-state index is 0.0848. The molecular formula is C70H120O6. The van der Waals surface area contributed by atoms with Crippen LogP contribution in [0.4, 0.5) is 0 Å². The van der Waals surface area contributed by atoms with E-state index in [9.17, 15) is 14.4 Å². The Hall–Kier alpha value is -3.67. The summed E-state index contributed by atoms with van der Waals surface area (Å²) in [6.45, 7) is 6.41. The van der Waals surface area contributed by atoms with E-state index in [4.69, 9.17) is 14.2 Å². The van der Waals surface area contributed by atoms with Gasteiger partial charge in [-0.25, -0.2) is 0 Å². The van der Waals surface area contributed by atoms with Crippen LogP contribution in [0.3, 0.4) is 0 Å². The summed E-state index contributed by atoms with van der Waals surface area (Å²) in [6.07, 6.45) is 85.8. The van der Waals surface area contributed by atoms with Crippen molar-refractivity contribution < 1.29 is 28.6 Å². The van der Waals surface area contributed by atoms with Crippen LogP contribution < -0.4 is 0 Å². The summed E-state index contributed by atoms with van der Waals surface area (Å²) < 4.78 is 16.9. The van der Waals surface area contributed by atoms with Crippen LogP contribution in [0.1, 0.15) is 310 Å². The molecule has 436 valence electrons.